The highest BCUT2D eigenvalue weighted by Gasteiger charge is 2.10. The van der Waals surface area contributed by atoms with Crippen LogP contribution in [0.4, 0.5) is 5.69 Å². The molecule has 0 atom stereocenters. The standard InChI is InChI=1S/C20H24N2O4/c1-22(2)17-10-8-16(9-11-17)20(24)26-14-19(23)21-13-12-15-6-4-5-7-18(15)25-3/h4-11H,12-14H2,1-3H3,(H,21,23). The summed E-state index contributed by atoms with van der Waals surface area (Å²) in [4.78, 5) is 25.8. The van der Waals surface area contributed by atoms with Crippen LogP contribution in [0, 0.1) is 0 Å². The van der Waals surface area contributed by atoms with Gasteiger partial charge in [0.05, 0.1) is 12.7 Å². The zero-order chi connectivity index (χ0) is 18.9. The predicted molar refractivity (Wildman–Crippen MR) is 101 cm³/mol. The van der Waals surface area contributed by atoms with E-state index in [1.165, 1.54) is 0 Å². The lowest BCUT2D eigenvalue weighted by atomic mass is 10.1. The van der Waals surface area contributed by atoms with Crippen molar-refractivity contribution in [2.45, 2.75) is 6.42 Å². The lowest BCUT2D eigenvalue weighted by molar-refractivity contribution is -0.124. The van der Waals surface area contributed by atoms with E-state index in [4.69, 9.17) is 9.47 Å². The van der Waals surface area contributed by atoms with Crippen LogP contribution < -0.4 is 15.0 Å². The summed E-state index contributed by atoms with van der Waals surface area (Å²) in [6.07, 6.45) is 0.635. The number of hydrogen-bond acceptors (Lipinski definition) is 5. The Labute approximate surface area is 153 Å². The summed E-state index contributed by atoms with van der Waals surface area (Å²) in [7, 11) is 5.45. The first-order valence-corrected chi connectivity index (χ1v) is 8.34. The summed E-state index contributed by atoms with van der Waals surface area (Å²) in [5.74, 6) is -0.0670. The number of nitrogens with zero attached hydrogens (tertiary/aromatic N) is 1. The van der Waals surface area contributed by atoms with Crippen molar-refractivity contribution >= 4 is 17.6 Å². The summed E-state index contributed by atoms with van der Waals surface area (Å²) >= 11 is 0. The average molecular weight is 356 g/mol. The summed E-state index contributed by atoms with van der Waals surface area (Å²) < 4.78 is 10.3. The molecule has 0 saturated heterocycles. The predicted octanol–water partition coefficient (Wildman–Crippen LogP) is 2.28. The number of carbonyl (C=O) groups excluding carboxylic acids is 2. The lowest BCUT2D eigenvalue weighted by Gasteiger charge is -2.12. The number of para-hydroxylation sites is 1. The Bertz CT molecular complexity index is 742. The van der Waals surface area contributed by atoms with Gasteiger partial charge >= 0.3 is 5.97 Å². The first kappa shape index (κ1) is 19.3. The van der Waals surface area contributed by atoms with Gasteiger partial charge in [0.2, 0.25) is 0 Å². The summed E-state index contributed by atoms with van der Waals surface area (Å²) in [5, 5.41) is 2.73. The van der Waals surface area contributed by atoms with Gasteiger partial charge in [0, 0.05) is 26.3 Å². The monoisotopic (exact) mass is 356 g/mol. The summed E-state index contributed by atoms with van der Waals surface area (Å²) in [6, 6.07) is 14.6. The van der Waals surface area contributed by atoms with E-state index in [1.807, 2.05) is 55.4 Å². The first-order valence-electron chi connectivity index (χ1n) is 8.34. The Morgan fingerprint density at radius 1 is 1.04 bits per heavy atom. The van der Waals surface area contributed by atoms with Crippen molar-refractivity contribution in [1.29, 1.82) is 0 Å². The number of amides is 1. The van der Waals surface area contributed by atoms with Gasteiger partial charge in [-0.15, -0.1) is 0 Å². The van der Waals surface area contributed by atoms with Crippen molar-refractivity contribution in [3.8, 4) is 5.75 Å². The highest BCUT2D eigenvalue weighted by atomic mass is 16.5. The molecule has 2 aromatic rings. The molecule has 26 heavy (non-hydrogen) atoms. The van der Waals surface area contributed by atoms with E-state index in [9.17, 15) is 9.59 Å². The van der Waals surface area contributed by atoms with E-state index in [0.29, 0.717) is 18.5 Å². The quantitative estimate of drug-likeness (QED) is 0.735. The van der Waals surface area contributed by atoms with Crippen molar-refractivity contribution in [3.05, 3.63) is 59.7 Å². The molecule has 0 aromatic heterocycles. The minimum Gasteiger partial charge on any atom is -0.496 e. The average Bonchev–Trinajstić information content (AvgIpc) is 2.66. The van der Waals surface area contributed by atoms with E-state index < -0.39 is 5.97 Å². The van der Waals surface area contributed by atoms with E-state index in [1.54, 1.807) is 19.2 Å². The van der Waals surface area contributed by atoms with Gasteiger partial charge in [-0.3, -0.25) is 4.79 Å². The van der Waals surface area contributed by atoms with Gasteiger partial charge in [0.25, 0.3) is 5.91 Å². The number of carbonyl (C=O) groups is 2. The number of esters is 1. The minimum absolute atomic E-state index is 0.305. The van der Waals surface area contributed by atoms with Gasteiger partial charge in [-0.25, -0.2) is 4.79 Å². The molecule has 1 N–H and O–H groups in total. The molecule has 2 rings (SSSR count). The molecule has 6 nitrogen and oxygen atoms in total. The Kier molecular flexibility index (Phi) is 7.02. The maximum absolute atomic E-state index is 12.0. The number of ether oxygens (including phenoxy) is 2. The Balaban J connectivity index is 1.75. The molecule has 0 unspecified atom stereocenters. The van der Waals surface area contributed by atoms with E-state index in [-0.39, 0.29) is 12.5 Å². The molecule has 1 amide bonds. The third-order valence-corrected chi connectivity index (χ3v) is 3.86. The number of methoxy groups -OCH3 is 1. The van der Waals surface area contributed by atoms with Crippen molar-refractivity contribution < 1.29 is 19.1 Å². The minimum atomic E-state index is -0.518. The third kappa shape index (κ3) is 5.51. The smallest absolute Gasteiger partial charge is 0.338 e. The molecule has 0 saturated carbocycles. The van der Waals surface area contributed by atoms with Gasteiger partial charge in [-0.05, 0) is 42.3 Å². The van der Waals surface area contributed by atoms with Crippen LogP contribution in [-0.2, 0) is 16.0 Å². The second-order valence-corrected chi connectivity index (χ2v) is 5.93. The molecule has 0 fully saturated rings. The fourth-order valence-corrected chi connectivity index (χ4v) is 2.41. The van der Waals surface area contributed by atoms with Crippen molar-refractivity contribution in [3.63, 3.8) is 0 Å². The number of nitrogens with one attached hydrogen (secondary N) is 1. The van der Waals surface area contributed by atoms with E-state index in [0.717, 1.165) is 17.0 Å². The molecule has 0 aliphatic heterocycles. The maximum atomic E-state index is 12.0. The van der Waals surface area contributed by atoms with Gasteiger partial charge < -0.3 is 19.7 Å². The lowest BCUT2D eigenvalue weighted by Crippen LogP contribution is -2.30. The molecule has 138 valence electrons. The molecule has 0 radical (unpaired) electrons. The van der Waals surface area contributed by atoms with Gasteiger partial charge in [0.15, 0.2) is 6.61 Å². The van der Waals surface area contributed by atoms with Gasteiger partial charge in [0.1, 0.15) is 5.75 Å². The molecule has 0 bridgehead atoms. The topological polar surface area (TPSA) is 67.9 Å². The van der Waals surface area contributed by atoms with Crippen molar-refractivity contribution in [2.24, 2.45) is 0 Å². The van der Waals surface area contributed by atoms with Crippen LogP contribution in [-0.4, -0.2) is 46.2 Å². The Hall–Kier alpha value is -3.02. The molecular weight excluding hydrogens is 332 g/mol. The van der Waals surface area contributed by atoms with Crippen LogP contribution in [0.3, 0.4) is 0 Å². The SMILES string of the molecule is COc1ccccc1CCNC(=O)COC(=O)c1ccc(N(C)C)cc1. The number of hydrogen-bond donors (Lipinski definition) is 1. The molecule has 2 aromatic carbocycles. The second-order valence-electron chi connectivity index (χ2n) is 5.93. The highest BCUT2D eigenvalue weighted by Crippen LogP contribution is 2.17. The maximum Gasteiger partial charge on any atom is 0.338 e. The fourth-order valence-electron chi connectivity index (χ4n) is 2.41. The molecule has 0 spiro atoms. The molecule has 0 heterocycles. The van der Waals surface area contributed by atoms with Crippen LogP contribution in [0.5, 0.6) is 5.75 Å². The highest BCUT2D eigenvalue weighted by molar-refractivity contribution is 5.91. The van der Waals surface area contributed by atoms with Gasteiger partial charge in [-0.2, -0.15) is 0 Å². The second kappa shape index (κ2) is 9.46. The molecule has 0 aliphatic rings. The van der Waals surface area contributed by atoms with E-state index in [2.05, 4.69) is 5.32 Å². The van der Waals surface area contributed by atoms with Crippen LogP contribution in [0.15, 0.2) is 48.5 Å². The molecule has 6 heteroatoms. The Morgan fingerprint density at radius 2 is 1.73 bits per heavy atom. The molecular formula is C20H24N2O4. The molecule has 0 aliphatic carbocycles. The number of anilines is 1. The Morgan fingerprint density at radius 3 is 2.38 bits per heavy atom. The van der Waals surface area contributed by atoms with Crippen LogP contribution >= 0.6 is 0 Å². The fraction of sp³-hybridized carbons (Fsp3) is 0.300. The number of rotatable bonds is 8. The van der Waals surface area contributed by atoms with Crippen LogP contribution in [0.1, 0.15) is 15.9 Å². The van der Waals surface area contributed by atoms with E-state index >= 15 is 0 Å². The summed E-state index contributed by atoms with van der Waals surface area (Å²) in [6.45, 7) is 0.133. The van der Waals surface area contributed by atoms with Crippen molar-refractivity contribution in [1.82, 2.24) is 5.32 Å². The van der Waals surface area contributed by atoms with Crippen LogP contribution in [0.2, 0.25) is 0 Å². The largest absolute Gasteiger partial charge is 0.496 e. The van der Waals surface area contributed by atoms with Gasteiger partial charge in [-0.1, -0.05) is 18.2 Å². The number of benzene rings is 2. The first-order chi connectivity index (χ1) is 12.5. The summed E-state index contributed by atoms with van der Waals surface area (Å²) in [5.41, 5.74) is 2.40. The zero-order valence-corrected chi connectivity index (χ0v) is 15.3. The third-order valence-electron chi connectivity index (χ3n) is 3.86. The van der Waals surface area contributed by atoms with Crippen LogP contribution in [0.25, 0.3) is 0 Å². The van der Waals surface area contributed by atoms with Crippen molar-refractivity contribution in [2.75, 3.05) is 39.3 Å². The normalized spacial score (nSPS) is 10.1. The zero-order valence-electron chi connectivity index (χ0n) is 15.3.